The van der Waals surface area contributed by atoms with Crippen LogP contribution in [0.2, 0.25) is 0 Å². The van der Waals surface area contributed by atoms with E-state index in [0.29, 0.717) is 5.82 Å². The van der Waals surface area contributed by atoms with E-state index in [0.717, 1.165) is 56.5 Å². The number of nitrogens with one attached hydrogen (secondary N) is 2. The number of aromatic nitrogens is 2. The molecule has 0 aliphatic carbocycles. The zero-order valence-corrected chi connectivity index (χ0v) is 15.3. The van der Waals surface area contributed by atoms with Gasteiger partial charge in [0.1, 0.15) is 17.9 Å². The van der Waals surface area contributed by atoms with Crippen LogP contribution in [-0.2, 0) is 0 Å². The van der Waals surface area contributed by atoms with Crippen LogP contribution >= 0.6 is 0 Å². The molecule has 3 aliphatic rings. The van der Waals surface area contributed by atoms with Crippen LogP contribution in [0.25, 0.3) is 0 Å². The Labute approximate surface area is 153 Å². The van der Waals surface area contributed by atoms with Crippen molar-refractivity contribution in [2.75, 3.05) is 38.5 Å². The van der Waals surface area contributed by atoms with E-state index in [1.807, 2.05) is 24.2 Å². The van der Waals surface area contributed by atoms with Crippen LogP contribution in [0.5, 0.6) is 0 Å². The number of hydrogen-bond acceptors (Lipinski definition) is 9. The van der Waals surface area contributed by atoms with Gasteiger partial charge < -0.3 is 15.5 Å². The van der Waals surface area contributed by atoms with Crippen molar-refractivity contribution in [1.82, 2.24) is 25.4 Å². The largest absolute Gasteiger partial charge is 0.339 e. The lowest BCUT2D eigenvalue weighted by atomic mass is 9.99. The lowest BCUT2D eigenvalue weighted by Crippen LogP contribution is -2.52. The average Bonchev–Trinajstić information content (AvgIpc) is 2.99. The third-order valence-electron chi connectivity index (χ3n) is 4.82. The highest BCUT2D eigenvalue weighted by Gasteiger charge is 2.42. The van der Waals surface area contributed by atoms with E-state index in [1.54, 1.807) is 6.20 Å². The number of anilines is 1. The van der Waals surface area contributed by atoms with Crippen LogP contribution in [0.15, 0.2) is 33.4 Å². The van der Waals surface area contributed by atoms with E-state index in [1.165, 1.54) is 0 Å². The monoisotopic (exact) mass is 355 g/mol. The fourth-order valence-electron chi connectivity index (χ4n) is 3.58. The van der Waals surface area contributed by atoms with Crippen LogP contribution in [0.4, 0.5) is 5.82 Å². The quantitative estimate of drug-likeness (QED) is 0.815. The van der Waals surface area contributed by atoms with E-state index in [9.17, 15) is 0 Å². The number of hydrogen-bond donors (Lipinski definition) is 2. The molecule has 0 aromatic carbocycles. The number of fused-ring (bicyclic) bond motifs is 1. The molecule has 9 nitrogen and oxygen atoms in total. The second-order valence-electron chi connectivity index (χ2n) is 6.70. The second kappa shape index (κ2) is 7.36. The molecule has 9 heteroatoms. The number of likely N-dealkylation sites (N-methyl/N-ethyl adjacent to an activating group) is 1. The zero-order chi connectivity index (χ0) is 17.9. The van der Waals surface area contributed by atoms with E-state index in [4.69, 9.17) is 15.1 Å². The molecule has 0 saturated carbocycles. The molecule has 138 valence electrons. The van der Waals surface area contributed by atoms with Crippen LogP contribution in [0.1, 0.15) is 19.8 Å². The SMILES string of the molecule is CCCC1=NN(C)C2C(Nc3cccnn3)=NC(N3CCNCC3)=NC12. The number of nitrogens with zero attached hydrogens (tertiary/aromatic N) is 7. The van der Waals surface area contributed by atoms with Gasteiger partial charge in [0.15, 0.2) is 5.82 Å². The van der Waals surface area contributed by atoms with E-state index in [2.05, 4.69) is 32.7 Å². The number of rotatable bonds is 3. The van der Waals surface area contributed by atoms with Gasteiger partial charge in [0, 0.05) is 39.4 Å². The minimum absolute atomic E-state index is 0.00140. The molecular formula is C17H25N9. The summed E-state index contributed by atoms with van der Waals surface area (Å²) in [5.74, 6) is 2.30. The van der Waals surface area contributed by atoms with Crippen molar-refractivity contribution < 1.29 is 0 Å². The first kappa shape index (κ1) is 16.9. The Kier molecular flexibility index (Phi) is 4.79. The summed E-state index contributed by atoms with van der Waals surface area (Å²) in [6, 6.07) is 3.73. The molecule has 0 spiro atoms. The van der Waals surface area contributed by atoms with Gasteiger partial charge in [-0.2, -0.15) is 15.2 Å². The highest BCUT2D eigenvalue weighted by atomic mass is 15.5. The summed E-state index contributed by atoms with van der Waals surface area (Å²) in [6.07, 6.45) is 3.66. The van der Waals surface area contributed by atoms with Crippen molar-refractivity contribution in [3.8, 4) is 0 Å². The highest BCUT2D eigenvalue weighted by Crippen LogP contribution is 2.26. The van der Waals surface area contributed by atoms with Crippen molar-refractivity contribution in [2.45, 2.75) is 31.8 Å². The predicted molar refractivity (Wildman–Crippen MR) is 103 cm³/mol. The molecule has 0 bridgehead atoms. The van der Waals surface area contributed by atoms with Gasteiger partial charge >= 0.3 is 0 Å². The Balaban J connectivity index is 1.66. The van der Waals surface area contributed by atoms with Crippen molar-refractivity contribution in [1.29, 1.82) is 0 Å². The van der Waals surface area contributed by atoms with Crippen molar-refractivity contribution in [3.63, 3.8) is 0 Å². The molecule has 2 unspecified atom stereocenters. The van der Waals surface area contributed by atoms with E-state index >= 15 is 0 Å². The van der Waals surface area contributed by atoms with E-state index < -0.39 is 0 Å². The summed E-state index contributed by atoms with van der Waals surface area (Å²) in [4.78, 5) is 12.1. The van der Waals surface area contributed by atoms with Gasteiger partial charge in [-0.3, -0.25) is 5.01 Å². The van der Waals surface area contributed by atoms with Crippen LogP contribution in [0, 0.1) is 0 Å². The Morgan fingerprint density at radius 1 is 1.31 bits per heavy atom. The van der Waals surface area contributed by atoms with Crippen molar-refractivity contribution in [3.05, 3.63) is 18.3 Å². The van der Waals surface area contributed by atoms with Crippen molar-refractivity contribution in [2.24, 2.45) is 15.1 Å². The number of amidine groups is 1. The second-order valence-corrected chi connectivity index (χ2v) is 6.70. The molecule has 4 rings (SSSR count). The zero-order valence-electron chi connectivity index (χ0n) is 15.3. The molecule has 26 heavy (non-hydrogen) atoms. The molecule has 0 amide bonds. The lowest BCUT2D eigenvalue weighted by molar-refractivity contribution is 0.321. The number of hydrazone groups is 1. The van der Waals surface area contributed by atoms with Crippen LogP contribution in [-0.4, -0.2) is 82.9 Å². The first-order chi connectivity index (χ1) is 12.8. The highest BCUT2D eigenvalue weighted by molar-refractivity contribution is 6.12. The summed E-state index contributed by atoms with van der Waals surface area (Å²) in [5, 5.41) is 21.5. The van der Waals surface area contributed by atoms with Gasteiger partial charge in [0.25, 0.3) is 0 Å². The molecule has 2 N–H and O–H groups in total. The van der Waals surface area contributed by atoms with Gasteiger partial charge in [-0.15, -0.1) is 5.10 Å². The van der Waals surface area contributed by atoms with Crippen LogP contribution in [0.3, 0.4) is 0 Å². The molecule has 1 aromatic rings. The molecule has 0 radical (unpaired) electrons. The maximum Gasteiger partial charge on any atom is 0.223 e. The Morgan fingerprint density at radius 3 is 2.88 bits per heavy atom. The first-order valence-corrected chi connectivity index (χ1v) is 9.23. The van der Waals surface area contributed by atoms with E-state index in [-0.39, 0.29) is 12.1 Å². The molecule has 2 atom stereocenters. The van der Waals surface area contributed by atoms with Gasteiger partial charge in [0.05, 0.1) is 5.71 Å². The summed E-state index contributed by atoms with van der Waals surface area (Å²) in [7, 11) is 1.99. The smallest absolute Gasteiger partial charge is 0.223 e. The fourth-order valence-corrected chi connectivity index (χ4v) is 3.58. The minimum Gasteiger partial charge on any atom is -0.339 e. The van der Waals surface area contributed by atoms with Crippen molar-refractivity contribution >= 4 is 23.3 Å². The summed E-state index contributed by atoms with van der Waals surface area (Å²) in [5.41, 5.74) is 1.13. The summed E-state index contributed by atoms with van der Waals surface area (Å²) < 4.78 is 0. The number of piperazine rings is 1. The third-order valence-corrected chi connectivity index (χ3v) is 4.82. The molecule has 3 aliphatic heterocycles. The average molecular weight is 355 g/mol. The maximum absolute atomic E-state index is 4.99. The van der Waals surface area contributed by atoms with Crippen LogP contribution < -0.4 is 10.6 Å². The topological polar surface area (TPSA) is 93.4 Å². The molecule has 1 aromatic heterocycles. The minimum atomic E-state index is -0.0229. The van der Waals surface area contributed by atoms with Gasteiger partial charge in [0.2, 0.25) is 5.96 Å². The van der Waals surface area contributed by atoms with Gasteiger partial charge in [-0.1, -0.05) is 13.3 Å². The van der Waals surface area contributed by atoms with Gasteiger partial charge in [-0.05, 0) is 18.6 Å². The lowest BCUT2D eigenvalue weighted by Gasteiger charge is -2.34. The molecule has 1 fully saturated rings. The fraction of sp³-hybridized carbons (Fsp3) is 0.588. The molecule has 1 saturated heterocycles. The molecule has 4 heterocycles. The van der Waals surface area contributed by atoms with Gasteiger partial charge in [-0.25, -0.2) is 4.99 Å². The first-order valence-electron chi connectivity index (χ1n) is 9.23. The third kappa shape index (κ3) is 3.26. The Hall–Kier alpha value is -2.55. The summed E-state index contributed by atoms with van der Waals surface area (Å²) in [6.45, 7) is 5.89. The summed E-state index contributed by atoms with van der Waals surface area (Å²) >= 11 is 0. The predicted octanol–water partition coefficient (Wildman–Crippen LogP) is 0.401. The maximum atomic E-state index is 4.99. The molecular weight excluding hydrogens is 330 g/mol. The normalized spacial score (nSPS) is 25.4. The number of guanidine groups is 1. The number of aliphatic imine (C=N–C) groups is 2. The standard InChI is InChI=1S/C17H25N9/c1-3-5-12-14-15(25(2)24-12)16(20-13-6-4-7-19-23-13)22-17(21-14)26-10-8-18-9-11-26/h4,6-7,14-15,18H,3,5,8-11H2,1-2H3,(H,20,21,22,23). The Morgan fingerprint density at radius 2 is 2.15 bits per heavy atom. The Bertz CT molecular complexity index is 721.